The van der Waals surface area contributed by atoms with E-state index in [-0.39, 0.29) is 0 Å². The fraction of sp³-hybridized carbons (Fsp3) is 0.308. The van der Waals surface area contributed by atoms with Gasteiger partial charge < -0.3 is 9.47 Å². The second-order valence-corrected chi connectivity index (χ2v) is 3.51. The first-order valence-electron chi connectivity index (χ1n) is 5.68. The summed E-state index contributed by atoms with van der Waals surface area (Å²) < 4.78 is 11.9. The predicted molar refractivity (Wildman–Crippen MR) is 65.5 cm³/mol. The molecule has 0 bridgehead atoms. The van der Waals surface area contributed by atoms with Crippen molar-refractivity contribution in [1.29, 1.82) is 0 Å². The Hall–Kier alpha value is -1.97. The molecule has 1 heterocycles. The minimum Gasteiger partial charge on any atom is -0.479 e. The first-order valence-corrected chi connectivity index (χ1v) is 5.68. The van der Waals surface area contributed by atoms with Crippen molar-refractivity contribution in [3.05, 3.63) is 30.3 Å². The molecule has 4 heteroatoms. The van der Waals surface area contributed by atoms with Gasteiger partial charge in [-0.05, 0) is 19.9 Å². The first-order chi connectivity index (χ1) is 8.27. The Morgan fingerprint density at radius 2 is 2.00 bits per heavy atom. The van der Waals surface area contributed by atoms with E-state index in [0.29, 0.717) is 19.1 Å². The van der Waals surface area contributed by atoms with E-state index in [2.05, 4.69) is 0 Å². The average Bonchev–Trinajstić information content (AvgIpc) is 2.67. The number of carbonyl (C=O) groups is 1. The molecule has 0 saturated carbocycles. The Labute approximate surface area is 99.7 Å². The summed E-state index contributed by atoms with van der Waals surface area (Å²) in [6.45, 7) is 4.52. The van der Waals surface area contributed by atoms with Crippen LogP contribution in [0.4, 0.5) is 4.79 Å². The molecule has 0 aliphatic carbocycles. The molecule has 0 radical (unpaired) electrons. The van der Waals surface area contributed by atoms with Crippen molar-refractivity contribution < 1.29 is 14.3 Å². The molecular formula is C13H15NO3. The number of benzene rings is 1. The smallest absolute Gasteiger partial charge is 0.421 e. The van der Waals surface area contributed by atoms with E-state index in [1.54, 1.807) is 6.92 Å². The second kappa shape index (κ2) is 4.91. The van der Waals surface area contributed by atoms with Gasteiger partial charge in [0.05, 0.1) is 18.7 Å². The fourth-order valence-corrected chi connectivity index (χ4v) is 1.76. The molecule has 0 N–H and O–H groups in total. The van der Waals surface area contributed by atoms with Gasteiger partial charge in [-0.3, -0.25) is 0 Å². The molecule has 0 unspecified atom stereocenters. The zero-order valence-electron chi connectivity index (χ0n) is 9.97. The minimum absolute atomic E-state index is 0.344. The zero-order chi connectivity index (χ0) is 12.3. The summed E-state index contributed by atoms with van der Waals surface area (Å²) >= 11 is 0. The maximum Gasteiger partial charge on any atom is 0.421 e. The van der Waals surface area contributed by atoms with E-state index in [9.17, 15) is 4.79 Å². The molecule has 1 aromatic carbocycles. The number of hydrogen-bond acceptors (Lipinski definition) is 3. The highest BCUT2D eigenvalue weighted by molar-refractivity contribution is 5.92. The lowest BCUT2D eigenvalue weighted by Gasteiger charge is -2.08. The number of carbonyl (C=O) groups excluding carboxylic acids is 1. The van der Waals surface area contributed by atoms with Crippen LogP contribution in [0.3, 0.4) is 0 Å². The summed E-state index contributed by atoms with van der Waals surface area (Å²) in [6, 6.07) is 9.46. The predicted octanol–water partition coefficient (Wildman–Crippen LogP) is 3.04. The number of rotatable bonds is 3. The number of nitrogens with zero attached hydrogens (tertiary/aromatic N) is 1. The van der Waals surface area contributed by atoms with Crippen LogP contribution in [0.15, 0.2) is 30.3 Å². The van der Waals surface area contributed by atoms with Gasteiger partial charge in [0.2, 0.25) is 5.88 Å². The van der Waals surface area contributed by atoms with Crippen molar-refractivity contribution in [3.8, 4) is 5.88 Å². The number of ether oxygens (including phenoxy) is 2. The molecule has 0 spiro atoms. The van der Waals surface area contributed by atoms with Gasteiger partial charge in [0.15, 0.2) is 0 Å². The zero-order valence-corrected chi connectivity index (χ0v) is 9.97. The van der Waals surface area contributed by atoms with Crippen molar-refractivity contribution in [2.24, 2.45) is 0 Å². The van der Waals surface area contributed by atoms with E-state index in [1.165, 1.54) is 4.57 Å². The van der Waals surface area contributed by atoms with Gasteiger partial charge in [0, 0.05) is 11.5 Å². The van der Waals surface area contributed by atoms with Gasteiger partial charge in [0.25, 0.3) is 0 Å². The van der Waals surface area contributed by atoms with Crippen molar-refractivity contribution in [1.82, 2.24) is 4.57 Å². The summed E-state index contributed by atoms with van der Waals surface area (Å²) in [6.07, 6.45) is -0.405. The van der Waals surface area contributed by atoms with Gasteiger partial charge in [-0.2, -0.15) is 0 Å². The van der Waals surface area contributed by atoms with Gasteiger partial charge in [-0.1, -0.05) is 18.2 Å². The molecule has 17 heavy (non-hydrogen) atoms. The van der Waals surface area contributed by atoms with E-state index in [4.69, 9.17) is 9.47 Å². The lowest BCUT2D eigenvalue weighted by molar-refractivity contribution is 0.151. The molecule has 2 rings (SSSR count). The molecule has 0 fully saturated rings. The van der Waals surface area contributed by atoms with Gasteiger partial charge >= 0.3 is 6.09 Å². The molecule has 2 aromatic rings. The summed E-state index contributed by atoms with van der Waals surface area (Å²) in [5, 5.41) is 0.962. The largest absolute Gasteiger partial charge is 0.479 e. The number of para-hydroxylation sites is 1. The van der Waals surface area contributed by atoms with Gasteiger partial charge in [-0.15, -0.1) is 0 Å². The molecule has 0 atom stereocenters. The summed E-state index contributed by atoms with van der Waals surface area (Å²) in [7, 11) is 0. The normalized spacial score (nSPS) is 10.5. The number of aromatic nitrogens is 1. The highest BCUT2D eigenvalue weighted by Crippen LogP contribution is 2.25. The summed E-state index contributed by atoms with van der Waals surface area (Å²) in [4.78, 5) is 11.9. The van der Waals surface area contributed by atoms with E-state index in [1.807, 2.05) is 37.3 Å². The monoisotopic (exact) mass is 233 g/mol. The Kier molecular flexibility index (Phi) is 3.32. The fourth-order valence-electron chi connectivity index (χ4n) is 1.76. The maximum absolute atomic E-state index is 11.9. The van der Waals surface area contributed by atoms with Crippen molar-refractivity contribution in [2.45, 2.75) is 13.8 Å². The molecule has 90 valence electrons. The van der Waals surface area contributed by atoms with Crippen LogP contribution in [0.1, 0.15) is 13.8 Å². The standard InChI is InChI=1S/C13H15NO3/c1-3-16-12-9-10-7-5-6-8-11(10)14(12)13(15)17-4-2/h5-9H,3-4H2,1-2H3. The maximum atomic E-state index is 11.9. The topological polar surface area (TPSA) is 40.5 Å². The summed E-state index contributed by atoms with van der Waals surface area (Å²) in [5.74, 6) is 0.521. The van der Waals surface area contributed by atoms with Crippen LogP contribution in [0.25, 0.3) is 10.9 Å². The third-order valence-corrected chi connectivity index (χ3v) is 2.42. The molecule has 0 aliphatic rings. The third kappa shape index (κ3) is 2.11. The lowest BCUT2D eigenvalue weighted by Crippen LogP contribution is -2.15. The van der Waals surface area contributed by atoms with Crippen LogP contribution >= 0.6 is 0 Å². The Balaban J connectivity index is 2.55. The van der Waals surface area contributed by atoms with Crippen LogP contribution in [-0.2, 0) is 4.74 Å². The van der Waals surface area contributed by atoms with Gasteiger partial charge in [0.1, 0.15) is 0 Å². The van der Waals surface area contributed by atoms with Crippen molar-refractivity contribution in [2.75, 3.05) is 13.2 Å². The van der Waals surface area contributed by atoms with Crippen LogP contribution < -0.4 is 4.74 Å². The Morgan fingerprint density at radius 3 is 2.71 bits per heavy atom. The number of fused-ring (bicyclic) bond motifs is 1. The van der Waals surface area contributed by atoms with Crippen molar-refractivity contribution >= 4 is 17.0 Å². The molecule has 1 aromatic heterocycles. The third-order valence-electron chi connectivity index (χ3n) is 2.42. The second-order valence-electron chi connectivity index (χ2n) is 3.51. The van der Waals surface area contributed by atoms with Crippen molar-refractivity contribution in [3.63, 3.8) is 0 Å². The highest BCUT2D eigenvalue weighted by atomic mass is 16.6. The van der Waals surface area contributed by atoms with Crippen LogP contribution in [0.5, 0.6) is 5.88 Å². The molecule has 0 amide bonds. The SMILES string of the molecule is CCOC(=O)n1c(OCC)cc2ccccc21. The quantitative estimate of drug-likeness (QED) is 0.818. The van der Waals surface area contributed by atoms with Gasteiger partial charge in [-0.25, -0.2) is 9.36 Å². The molecule has 4 nitrogen and oxygen atoms in total. The molecule has 0 saturated heterocycles. The minimum atomic E-state index is -0.405. The number of hydrogen-bond donors (Lipinski definition) is 0. The molecule has 0 aliphatic heterocycles. The van der Waals surface area contributed by atoms with E-state index >= 15 is 0 Å². The Bertz CT molecular complexity index is 530. The summed E-state index contributed by atoms with van der Waals surface area (Å²) in [5.41, 5.74) is 0.800. The van der Waals surface area contributed by atoms with Crippen LogP contribution in [-0.4, -0.2) is 23.9 Å². The highest BCUT2D eigenvalue weighted by Gasteiger charge is 2.16. The van der Waals surface area contributed by atoms with E-state index < -0.39 is 6.09 Å². The molecular weight excluding hydrogens is 218 g/mol. The average molecular weight is 233 g/mol. The van der Waals surface area contributed by atoms with Crippen LogP contribution in [0.2, 0.25) is 0 Å². The van der Waals surface area contributed by atoms with Crippen LogP contribution in [0, 0.1) is 0 Å². The Morgan fingerprint density at radius 1 is 1.24 bits per heavy atom. The lowest BCUT2D eigenvalue weighted by atomic mass is 10.2. The van der Waals surface area contributed by atoms with E-state index in [0.717, 1.165) is 10.9 Å². The first kappa shape index (κ1) is 11.5.